The van der Waals surface area contributed by atoms with Gasteiger partial charge in [-0.3, -0.25) is 9.36 Å². The maximum atomic E-state index is 13.6. The SMILES string of the molecule is COCCO[C@H](C)C(C)n1c(=O)n(C(C)(C)C(=O)O)c(=O)c2c(C)c(-n3nccn3)sc21. The number of aliphatic carboxylic acids is 1. The Labute approximate surface area is 187 Å². The highest BCUT2D eigenvalue weighted by atomic mass is 32.1. The van der Waals surface area contributed by atoms with E-state index in [0.29, 0.717) is 28.6 Å². The molecule has 3 rings (SSSR count). The molecule has 3 aromatic rings. The van der Waals surface area contributed by atoms with E-state index in [1.807, 2.05) is 6.92 Å². The lowest BCUT2D eigenvalue weighted by Crippen LogP contribution is -2.53. The van der Waals surface area contributed by atoms with Gasteiger partial charge in [0.15, 0.2) is 0 Å². The van der Waals surface area contributed by atoms with Gasteiger partial charge < -0.3 is 14.6 Å². The van der Waals surface area contributed by atoms with Gasteiger partial charge in [-0.25, -0.2) is 14.2 Å². The summed E-state index contributed by atoms with van der Waals surface area (Å²) in [7, 11) is 1.56. The van der Waals surface area contributed by atoms with Crippen LogP contribution in [0, 0.1) is 6.92 Å². The molecule has 0 fully saturated rings. The molecule has 0 saturated carbocycles. The number of rotatable bonds is 9. The number of aromatic nitrogens is 5. The summed E-state index contributed by atoms with van der Waals surface area (Å²) >= 11 is 1.20. The van der Waals surface area contributed by atoms with Crippen LogP contribution in [0.2, 0.25) is 0 Å². The van der Waals surface area contributed by atoms with Gasteiger partial charge in [-0.05, 0) is 34.6 Å². The summed E-state index contributed by atoms with van der Waals surface area (Å²) in [6, 6.07) is -0.505. The van der Waals surface area contributed by atoms with Crippen molar-refractivity contribution in [1.29, 1.82) is 0 Å². The maximum Gasteiger partial charge on any atom is 0.333 e. The van der Waals surface area contributed by atoms with E-state index in [1.54, 1.807) is 21.0 Å². The Bertz CT molecular complexity index is 1240. The molecular weight excluding hydrogens is 438 g/mol. The molecule has 11 nitrogen and oxygen atoms in total. The molecule has 0 aromatic carbocycles. The molecule has 0 radical (unpaired) electrons. The highest BCUT2D eigenvalue weighted by Crippen LogP contribution is 2.32. The van der Waals surface area contributed by atoms with E-state index in [-0.39, 0.29) is 5.39 Å². The Balaban J connectivity index is 2.36. The Hall–Kier alpha value is -2.83. The van der Waals surface area contributed by atoms with E-state index in [4.69, 9.17) is 9.47 Å². The molecule has 0 amide bonds. The van der Waals surface area contributed by atoms with E-state index in [9.17, 15) is 19.5 Å². The van der Waals surface area contributed by atoms with Crippen LogP contribution in [0.15, 0.2) is 22.0 Å². The third kappa shape index (κ3) is 3.89. The summed E-state index contributed by atoms with van der Waals surface area (Å²) in [6.45, 7) is 8.71. The maximum absolute atomic E-state index is 13.6. The second-order valence-electron chi connectivity index (χ2n) is 8.00. The molecule has 0 bridgehead atoms. The van der Waals surface area contributed by atoms with Crippen LogP contribution >= 0.6 is 11.3 Å². The summed E-state index contributed by atoms with van der Waals surface area (Å²) in [5.74, 6) is -1.29. The number of carboxylic acid groups (broad SMARTS) is 1. The molecule has 2 atom stereocenters. The third-order valence-corrected chi connectivity index (χ3v) is 6.83. The molecule has 3 aromatic heterocycles. The first-order valence-corrected chi connectivity index (χ1v) is 10.9. The molecule has 0 aliphatic heterocycles. The van der Waals surface area contributed by atoms with E-state index in [0.717, 1.165) is 4.57 Å². The van der Waals surface area contributed by atoms with Gasteiger partial charge in [0.05, 0.1) is 43.1 Å². The standard InChI is InChI=1S/C20H27N5O6S/c1-11-14-15(26)24(20(4,5)18(27)28)19(29)23(12(2)13(3)31-10-9-30-6)17(14)32-16(11)25-21-7-8-22-25/h7-8,12-13H,9-10H2,1-6H3,(H,27,28)/t12?,13-/m1/s1. The summed E-state index contributed by atoms with van der Waals surface area (Å²) in [4.78, 5) is 40.8. The van der Waals surface area contributed by atoms with Crippen molar-refractivity contribution in [2.24, 2.45) is 0 Å². The highest BCUT2D eigenvalue weighted by Gasteiger charge is 2.36. The van der Waals surface area contributed by atoms with Crippen molar-refractivity contribution in [2.45, 2.75) is 52.3 Å². The van der Waals surface area contributed by atoms with Gasteiger partial charge in [0.2, 0.25) is 0 Å². The number of hydrogen-bond acceptors (Lipinski definition) is 8. The van der Waals surface area contributed by atoms with Gasteiger partial charge in [-0.2, -0.15) is 10.2 Å². The average molecular weight is 466 g/mol. The minimum absolute atomic E-state index is 0.257. The number of hydrogen-bond donors (Lipinski definition) is 1. The number of carbonyl (C=O) groups is 1. The zero-order chi connectivity index (χ0) is 23.8. The highest BCUT2D eigenvalue weighted by molar-refractivity contribution is 7.21. The fourth-order valence-electron chi connectivity index (χ4n) is 3.43. The van der Waals surface area contributed by atoms with Crippen LogP contribution in [0.4, 0.5) is 0 Å². The van der Waals surface area contributed by atoms with Crippen LogP contribution < -0.4 is 11.2 Å². The van der Waals surface area contributed by atoms with Crippen LogP contribution in [-0.4, -0.2) is 61.6 Å². The second-order valence-corrected chi connectivity index (χ2v) is 8.98. The lowest BCUT2D eigenvalue weighted by Gasteiger charge is -2.27. The summed E-state index contributed by atoms with van der Waals surface area (Å²) < 4.78 is 13.1. The zero-order valence-electron chi connectivity index (χ0n) is 18.9. The summed E-state index contributed by atoms with van der Waals surface area (Å²) in [6.07, 6.45) is 2.60. The van der Waals surface area contributed by atoms with Crippen molar-refractivity contribution >= 4 is 27.5 Å². The number of fused-ring (bicyclic) bond motifs is 1. The number of ether oxygens (including phenoxy) is 2. The molecule has 32 heavy (non-hydrogen) atoms. The van der Waals surface area contributed by atoms with Gasteiger partial charge >= 0.3 is 11.7 Å². The Morgan fingerprint density at radius 1 is 1.22 bits per heavy atom. The number of carboxylic acids is 1. The molecule has 0 aliphatic rings. The van der Waals surface area contributed by atoms with E-state index < -0.39 is 34.9 Å². The third-order valence-electron chi connectivity index (χ3n) is 5.57. The van der Waals surface area contributed by atoms with Gasteiger partial charge in [0.1, 0.15) is 15.4 Å². The smallest absolute Gasteiger partial charge is 0.333 e. The largest absolute Gasteiger partial charge is 0.480 e. The van der Waals surface area contributed by atoms with Crippen molar-refractivity contribution in [3.8, 4) is 5.00 Å². The van der Waals surface area contributed by atoms with Crippen LogP contribution in [0.1, 0.15) is 39.3 Å². The fraction of sp³-hybridized carbons (Fsp3) is 0.550. The number of methoxy groups -OCH3 is 1. The normalized spacial score (nSPS) is 14.1. The van der Waals surface area contributed by atoms with Crippen LogP contribution in [0.5, 0.6) is 0 Å². The van der Waals surface area contributed by atoms with Gasteiger partial charge in [0, 0.05) is 12.7 Å². The molecule has 3 heterocycles. The molecule has 1 unspecified atom stereocenters. The van der Waals surface area contributed by atoms with E-state index in [2.05, 4.69) is 10.2 Å². The van der Waals surface area contributed by atoms with Crippen LogP contribution in [0.3, 0.4) is 0 Å². The number of nitrogens with zero attached hydrogens (tertiary/aromatic N) is 5. The Morgan fingerprint density at radius 2 is 1.84 bits per heavy atom. The first-order chi connectivity index (χ1) is 15.0. The summed E-state index contributed by atoms with van der Waals surface area (Å²) in [5, 5.41) is 18.9. The minimum atomic E-state index is -1.76. The monoisotopic (exact) mass is 465 g/mol. The number of thiophene rings is 1. The van der Waals surface area contributed by atoms with Crippen molar-refractivity contribution in [2.75, 3.05) is 20.3 Å². The quantitative estimate of drug-likeness (QED) is 0.471. The molecule has 174 valence electrons. The van der Waals surface area contributed by atoms with E-state index in [1.165, 1.54) is 46.9 Å². The van der Waals surface area contributed by atoms with Crippen LogP contribution in [-0.2, 0) is 19.8 Å². The van der Waals surface area contributed by atoms with Gasteiger partial charge in [-0.15, -0.1) is 4.80 Å². The molecule has 12 heteroatoms. The Kier molecular flexibility index (Phi) is 6.67. The van der Waals surface area contributed by atoms with Crippen molar-refractivity contribution < 1.29 is 19.4 Å². The van der Waals surface area contributed by atoms with Crippen molar-refractivity contribution in [3.63, 3.8) is 0 Å². The van der Waals surface area contributed by atoms with Crippen molar-refractivity contribution in [3.05, 3.63) is 38.8 Å². The van der Waals surface area contributed by atoms with Crippen molar-refractivity contribution in [1.82, 2.24) is 24.1 Å². The second kappa shape index (κ2) is 8.96. The molecule has 0 saturated heterocycles. The first kappa shape index (κ1) is 23.8. The molecule has 1 N–H and O–H groups in total. The lowest BCUT2D eigenvalue weighted by atomic mass is 10.1. The average Bonchev–Trinajstić information content (AvgIpc) is 3.35. The first-order valence-electron chi connectivity index (χ1n) is 10.1. The molecule has 0 spiro atoms. The fourth-order valence-corrected chi connectivity index (χ4v) is 4.73. The predicted molar refractivity (Wildman–Crippen MR) is 119 cm³/mol. The zero-order valence-corrected chi connectivity index (χ0v) is 19.7. The summed E-state index contributed by atoms with van der Waals surface area (Å²) in [5.41, 5.74) is -2.58. The van der Waals surface area contributed by atoms with Gasteiger partial charge in [0.25, 0.3) is 5.56 Å². The number of aryl methyl sites for hydroxylation is 1. The predicted octanol–water partition coefficient (Wildman–Crippen LogP) is 1.55. The lowest BCUT2D eigenvalue weighted by molar-refractivity contribution is -0.146. The Morgan fingerprint density at radius 3 is 2.41 bits per heavy atom. The topological polar surface area (TPSA) is 130 Å². The molecular formula is C20H27N5O6S. The van der Waals surface area contributed by atoms with Gasteiger partial charge in [-0.1, -0.05) is 11.3 Å². The minimum Gasteiger partial charge on any atom is -0.480 e. The van der Waals surface area contributed by atoms with Crippen LogP contribution in [0.25, 0.3) is 15.2 Å². The van der Waals surface area contributed by atoms with E-state index >= 15 is 0 Å². The molecule has 0 aliphatic carbocycles.